The van der Waals surface area contributed by atoms with Crippen LogP contribution < -0.4 is 0 Å². The summed E-state index contributed by atoms with van der Waals surface area (Å²) in [6.45, 7) is 2.44. The monoisotopic (exact) mass is 378 g/mol. The van der Waals surface area contributed by atoms with Crippen molar-refractivity contribution >= 4 is 11.9 Å². The molecule has 0 aliphatic carbocycles. The van der Waals surface area contributed by atoms with Crippen LogP contribution >= 0.6 is 0 Å². The van der Waals surface area contributed by atoms with Crippen molar-refractivity contribution in [3.05, 3.63) is 71.8 Å². The number of benzene rings is 2. The van der Waals surface area contributed by atoms with Gasteiger partial charge in [-0.3, -0.25) is 14.5 Å². The number of aliphatic carboxylic acids is 1. The molecule has 5 heteroatoms. The van der Waals surface area contributed by atoms with Gasteiger partial charge in [0.15, 0.2) is 0 Å². The van der Waals surface area contributed by atoms with Gasteiger partial charge in [0.25, 0.3) is 0 Å². The quantitative estimate of drug-likeness (QED) is 0.869. The van der Waals surface area contributed by atoms with Crippen LogP contribution in [-0.4, -0.2) is 52.5 Å². The normalized spacial score (nSPS) is 25.1. The molecule has 2 aromatic carbocycles. The molecule has 1 unspecified atom stereocenters. The summed E-state index contributed by atoms with van der Waals surface area (Å²) in [4.78, 5) is 29.1. The van der Waals surface area contributed by atoms with Gasteiger partial charge < -0.3 is 10.0 Å². The lowest BCUT2D eigenvalue weighted by Crippen LogP contribution is -2.44. The molecule has 0 radical (unpaired) electrons. The average molecular weight is 378 g/mol. The van der Waals surface area contributed by atoms with Crippen molar-refractivity contribution in [2.24, 2.45) is 5.92 Å². The van der Waals surface area contributed by atoms with E-state index >= 15 is 0 Å². The minimum Gasteiger partial charge on any atom is -0.481 e. The van der Waals surface area contributed by atoms with Gasteiger partial charge in [0.05, 0.1) is 12.0 Å². The van der Waals surface area contributed by atoms with Gasteiger partial charge >= 0.3 is 5.97 Å². The summed E-state index contributed by atoms with van der Waals surface area (Å²) in [5.41, 5.74) is 2.20. The first-order valence-corrected chi connectivity index (χ1v) is 9.98. The molecule has 0 bridgehead atoms. The fourth-order valence-electron chi connectivity index (χ4n) is 4.60. The van der Waals surface area contributed by atoms with Gasteiger partial charge in [-0.15, -0.1) is 0 Å². The molecular formula is C23H26N2O3. The summed E-state index contributed by atoms with van der Waals surface area (Å²) in [6.07, 6.45) is 1.84. The summed E-state index contributed by atoms with van der Waals surface area (Å²) in [5.74, 6) is -1.43. The summed E-state index contributed by atoms with van der Waals surface area (Å²) in [6, 6.07) is 19.8. The number of amides is 1. The number of carbonyl (C=O) groups excluding carboxylic acids is 1. The largest absolute Gasteiger partial charge is 0.481 e. The van der Waals surface area contributed by atoms with Gasteiger partial charge in [0.2, 0.25) is 5.91 Å². The molecule has 2 fully saturated rings. The molecule has 146 valence electrons. The Bertz CT molecular complexity index is 824. The van der Waals surface area contributed by atoms with Crippen molar-refractivity contribution in [1.82, 2.24) is 9.80 Å². The molecule has 2 aromatic rings. The van der Waals surface area contributed by atoms with Crippen LogP contribution in [0, 0.1) is 5.92 Å². The zero-order valence-electron chi connectivity index (χ0n) is 15.9. The Balaban J connectivity index is 1.49. The van der Waals surface area contributed by atoms with Gasteiger partial charge in [-0.05, 0) is 30.5 Å². The molecule has 2 aliphatic heterocycles. The van der Waals surface area contributed by atoms with Crippen LogP contribution in [0.25, 0.3) is 0 Å². The van der Waals surface area contributed by atoms with Crippen molar-refractivity contribution in [2.75, 3.05) is 19.6 Å². The first-order valence-electron chi connectivity index (χ1n) is 9.98. The zero-order valence-corrected chi connectivity index (χ0v) is 15.9. The van der Waals surface area contributed by atoms with E-state index in [-0.39, 0.29) is 17.9 Å². The fraction of sp³-hybridized carbons (Fsp3) is 0.391. The molecule has 0 saturated carbocycles. The molecule has 5 nitrogen and oxygen atoms in total. The van der Waals surface area contributed by atoms with E-state index in [0.29, 0.717) is 13.1 Å². The van der Waals surface area contributed by atoms with Crippen LogP contribution in [0.15, 0.2) is 60.7 Å². The highest BCUT2D eigenvalue weighted by Crippen LogP contribution is 2.34. The maximum atomic E-state index is 13.3. The molecule has 2 saturated heterocycles. The van der Waals surface area contributed by atoms with E-state index in [1.165, 1.54) is 5.56 Å². The van der Waals surface area contributed by atoms with Gasteiger partial charge in [-0.1, -0.05) is 60.7 Å². The molecule has 3 atom stereocenters. The number of carboxylic acids is 1. The molecule has 2 aliphatic rings. The van der Waals surface area contributed by atoms with Crippen molar-refractivity contribution in [3.63, 3.8) is 0 Å². The first-order chi connectivity index (χ1) is 13.6. The Morgan fingerprint density at radius 1 is 0.964 bits per heavy atom. The molecule has 28 heavy (non-hydrogen) atoms. The summed E-state index contributed by atoms with van der Waals surface area (Å²) in [5, 5.41) is 9.71. The first kappa shape index (κ1) is 18.7. The minimum atomic E-state index is -0.822. The van der Waals surface area contributed by atoms with E-state index < -0.39 is 11.9 Å². The van der Waals surface area contributed by atoms with Crippen molar-refractivity contribution < 1.29 is 14.7 Å². The third kappa shape index (κ3) is 3.80. The Kier molecular flexibility index (Phi) is 5.44. The highest BCUT2D eigenvalue weighted by Gasteiger charge is 2.43. The molecule has 1 amide bonds. The summed E-state index contributed by atoms with van der Waals surface area (Å²) < 4.78 is 0. The van der Waals surface area contributed by atoms with Gasteiger partial charge in [-0.2, -0.15) is 0 Å². The van der Waals surface area contributed by atoms with E-state index in [2.05, 4.69) is 17.0 Å². The number of carbonyl (C=O) groups is 2. The SMILES string of the molecule is O=C(O)[C@@H]1CN(C(=O)C2CCCN2Cc2ccccc2)C[C@@H]1c1ccccc1. The van der Waals surface area contributed by atoms with Crippen molar-refractivity contribution in [3.8, 4) is 0 Å². The third-order valence-electron chi connectivity index (χ3n) is 6.05. The number of nitrogens with zero attached hydrogens (tertiary/aromatic N) is 2. The Morgan fingerprint density at radius 2 is 1.64 bits per heavy atom. The molecule has 0 aromatic heterocycles. The molecule has 4 rings (SSSR count). The van der Waals surface area contributed by atoms with Crippen LogP contribution in [0.2, 0.25) is 0 Å². The van der Waals surface area contributed by atoms with Crippen LogP contribution in [-0.2, 0) is 16.1 Å². The summed E-state index contributed by atoms with van der Waals surface area (Å²) in [7, 11) is 0. The highest BCUT2D eigenvalue weighted by atomic mass is 16.4. The van der Waals surface area contributed by atoms with Crippen LogP contribution in [0.4, 0.5) is 0 Å². The number of hydrogen-bond acceptors (Lipinski definition) is 3. The van der Waals surface area contributed by atoms with E-state index in [1.54, 1.807) is 4.90 Å². The maximum Gasteiger partial charge on any atom is 0.308 e. The van der Waals surface area contributed by atoms with E-state index in [0.717, 1.165) is 31.5 Å². The Morgan fingerprint density at radius 3 is 2.32 bits per heavy atom. The fourth-order valence-corrected chi connectivity index (χ4v) is 4.60. The lowest BCUT2D eigenvalue weighted by molar-refractivity contribution is -0.142. The second-order valence-electron chi connectivity index (χ2n) is 7.82. The van der Waals surface area contributed by atoms with E-state index in [9.17, 15) is 14.7 Å². The molecule has 1 N–H and O–H groups in total. The number of hydrogen-bond donors (Lipinski definition) is 1. The highest BCUT2D eigenvalue weighted by molar-refractivity contribution is 5.84. The maximum absolute atomic E-state index is 13.3. The molecule has 2 heterocycles. The van der Waals surface area contributed by atoms with Crippen molar-refractivity contribution in [1.29, 1.82) is 0 Å². The second kappa shape index (κ2) is 8.15. The van der Waals surface area contributed by atoms with Gasteiger partial charge in [0.1, 0.15) is 0 Å². The van der Waals surface area contributed by atoms with Gasteiger partial charge in [-0.25, -0.2) is 0 Å². The number of rotatable bonds is 5. The van der Waals surface area contributed by atoms with Crippen molar-refractivity contribution in [2.45, 2.75) is 31.3 Å². The number of likely N-dealkylation sites (tertiary alicyclic amines) is 2. The number of carboxylic acid groups (broad SMARTS) is 1. The third-order valence-corrected chi connectivity index (χ3v) is 6.05. The van der Waals surface area contributed by atoms with E-state index in [1.807, 2.05) is 48.5 Å². The molecule has 0 spiro atoms. The standard InChI is InChI=1S/C23H26N2O3/c26-22(21-12-7-13-24(21)14-17-8-3-1-4-9-17)25-15-19(20(16-25)23(27)28)18-10-5-2-6-11-18/h1-6,8-11,19-21H,7,12-16H2,(H,27,28)/t19-,20-,21?/m1/s1. The minimum absolute atomic E-state index is 0.0816. The summed E-state index contributed by atoms with van der Waals surface area (Å²) >= 11 is 0. The predicted octanol–water partition coefficient (Wildman–Crippen LogP) is 2.98. The smallest absolute Gasteiger partial charge is 0.308 e. The lowest BCUT2D eigenvalue weighted by Gasteiger charge is -2.28. The van der Waals surface area contributed by atoms with Gasteiger partial charge in [0, 0.05) is 25.6 Å². The average Bonchev–Trinajstić information content (AvgIpc) is 3.36. The molecular weight excluding hydrogens is 352 g/mol. The Labute approximate surface area is 165 Å². The topological polar surface area (TPSA) is 60.9 Å². The second-order valence-corrected chi connectivity index (χ2v) is 7.82. The predicted molar refractivity (Wildman–Crippen MR) is 107 cm³/mol. The zero-order chi connectivity index (χ0) is 19.5. The van der Waals surface area contributed by atoms with E-state index in [4.69, 9.17) is 0 Å². The lowest BCUT2D eigenvalue weighted by atomic mass is 9.89. The van der Waals surface area contributed by atoms with Crippen LogP contribution in [0.5, 0.6) is 0 Å². The Hall–Kier alpha value is -2.66. The van der Waals surface area contributed by atoms with Crippen LogP contribution in [0.3, 0.4) is 0 Å². The van der Waals surface area contributed by atoms with Crippen LogP contribution in [0.1, 0.15) is 29.9 Å².